The van der Waals surface area contributed by atoms with Crippen LogP contribution in [0.2, 0.25) is 0 Å². The lowest BCUT2D eigenvalue weighted by Crippen LogP contribution is -2.14. The predicted octanol–water partition coefficient (Wildman–Crippen LogP) is 2.48. The molecule has 0 aliphatic heterocycles. The molecule has 2 aromatic heterocycles. The minimum atomic E-state index is -0.0383. The van der Waals surface area contributed by atoms with E-state index in [1.807, 2.05) is 24.3 Å². The van der Waals surface area contributed by atoms with Crippen LogP contribution in [0.15, 0.2) is 41.1 Å². The molecule has 0 amide bonds. The Morgan fingerprint density at radius 1 is 1.38 bits per heavy atom. The third-order valence-electron chi connectivity index (χ3n) is 2.66. The van der Waals surface area contributed by atoms with E-state index in [0.29, 0.717) is 0 Å². The Kier molecular flexibility index (Phi) is 3.37. The first kappa shape index (κ1) is 10.9. The van der Waals surface area contributed by atoms with Crippen molar-refractivity contribution in [3.05, 3.63) is 53.7 Å². The number of nitrogens with zero attached hydrogens (tertiary/aromatic N) is 1. The molecule has 0 saturated carbocycles. The molecule has 3 heteroatoms. The van der Waals surface area contributed by atoms with Crippen LogP contribution in [-0.4, -0.2) is 4.98 Å². The van der Waals surface area contributed by atoms with Crippen molar-refractivity contribution in [2.75, 3.05) is 0 Å². The van der Waals surface area contributed by atoms with Crippen molar-refractivity contribution < 1.29 is 4.42 Å². The smallest absolute Gasteiger partial charge is 0.108 e. The first-order chi connectivity index (χ1) is 7.81. The maximum atomic E-state index is 6.15. The molecule has 0 aromatic carbocycles. The molecule has 2 heterocycles. The maximum Gasteiger partial charge on any atom is 0.108 e. The van der Waals surface area contributed by atoms with Crippen LogP contribution in [0.4, 0.5) is 0 Å². The maximum absolute atomic E-state index is 6.15. The van der Waals surface area contributed by atoms with E-state index in [-0.39, 0.29) is 6.04 Å². The molecule has 0 spiro atoms. The van der Waals surface area contributed by atoms with Crippen LogP contribution in [0.25, 0.3) is 0 Å². The van der Waals surface area contributed by atoms with Gasteiger partial charge in [0.1, 0.15) is 5.76 Å². The number of rotatable bonds is 4. The van der Waals surface area contributed by atoms with E-state index in [2.05, 4.69) is 11.9 Å². The van der Waals surface area contributed by atoms with Crippen molar-refractivity contribution in [3.8, 4) is 0 Å². The van der Waals surface area contributed by atoms with Gasteiger partial charge in [0.15, 0.2) is 0 Å². The van der Waals surface area contributed by atoms with Gasteiger partial charge in [0.2, 0.25) is 0 Å². The molecule has 2 aromatic rings. The third kappa shape index (κ3) is 2.31. The molecule has 2 N–H and O–H groups in total. The summed E-state index contributed by atoms with van der Waals surface area (Å²) in [6, 6.07) is 7.79. The Balaban J connectivity index is 2.11. The highest BCUT2D eigenvalue weighted by atomic mass is 16.3. The average molecular weight is 216 g/mol. The molecular weight excluding hydrogens is 200 g/mol. The number of hydrogen-bond acceptors (Lipinski definition) is 3. The monoisotopic (exact) mass is 216 g/mol. The molecule has 1 unspecified atom stereocenters. The van der Waals surface area contributed by atoms with E-state index >= 15 is 0 Å². The Hall–Kier alpha value is -1.61. The molecule has 0 fully saturated rings. The molecule has 0 saturated heterocycles. The van der Waals surface area contributed by atoms with Crippen molar-refractivity contribution >= 4 is 0 Å². The average Bonchev–Trinajstić information content (AvgIpc) is 2.78. The zero-order valence-corrected chi connectivity index (χ0v) is 9.39. The summed E-state index contributed by atoms with van der Waals surface area (Å²) in [5, 5.41) is 0. The molecule has 0 bridgehead atoms. The molecule has 0 aliphatic rings. The topological polar surface area (TPSA) is 52.0 Å². The number of aryl methyl sites for hydroxylation is 1. The highest BCUT2D eigenvalue weighted by molar-refractivity contribution is 5.23. The third-order valence-corrected chi connectivity index (χ3v) is 2.66. The fourth-order valence-corrected chi connectivity index (χ4v) is 1.82. The van der Waals surface area contributed by atoms with E-state index < -0.39 is 0 Å². The van der Waals surface area contributed by atoms with Crippen LogP contribution in [0.5, 0.6) is 0 Å². The van der Waals surface area contributed by atoms with Crippen LogP contribution in [0.1, 0.15) is 30.0 Å². The van der Waals surface area contributed by atoms with Gasteiger partial charge in [0.05, 0.1) is 6.26 Å². The van der Waals surface area contributed by atoms with Crippen molar-refractivity contribution in [2.45, 2.75) is 25.8 Å². The summed E-state index contributed by atoms with van der Waals surface area (Å²) in [5.74, 6) is 0.975. The van der Waals surface area contributed by atoms with Crippen LogP contribution >= 0.6 is 0 Å². The standard InChI is InChI=1S/C13H16N2O/c1-2-13-11(6-8-16-13)12(14)9-10-5-3-4-7-15-10/h3-8,12H,2,9,14H2,1H3. The first-order valence-corrected chi connectivity index (χ1v) is 5.53. The molecular formula is C13H16N2O. The van der Waals surface area contributed by atoms with E-state index in [9.17, 15) is 0 Å². The second kappa shape index (κ2) is 4.94. The number of aromatic nitrogens is 1. The van der Waals surface area contributed by atoms with E-state index in [0.717, 1.165) is 29.9 Å². The summed E-state index contributed by atoms with van der Waals surface area (Å²) in [6.07, 6.45) is 5.11. The highest BCUT2D eigenvalue weighted by Crippen LogP contribution is 2.20. The lowest BCUT2D eigenvalue weighted by molar-refractivity contribution is 0.505. The summed E-state index contributed by atoms with van der Waals surface area (Å²) in [4.78, 5) is 4.27. The van der Waals surface area contributed by atoms with Crippen LogP contribution < -0.4 is 5.73 Å². The molecule has 16 heavy (non-hydrogen) atoms. The molecule has 2 rings (SSSR count). The van der Waals surface area contributed by atoms with Gasteiger partial charge in [-0.2, -0.15) is 0 Å². The molecule has 3 nitrogen and oxygen atoms in total. The lowest BCUT2D eigenvalue weighted by atomic mass is 10.0. The lowest BCUT2D eigenvalue weighted by Gasteiger charge is -2.10. The van der Waals surface area contributed by atoms with Gasteiger partial charge in [-0.15, -0.1) is 0 Å². The fourth-order valence-electron chi connectivity index (χ4n) is 1.82. The van der Waals surface area contributed by atoms with Gasteiger partial charge in [-0.05, 0) is 18.2 Å². The van der Waals surface area contributed by atoms with Crippen molar-refractivity contribution in [1.29, 1.82) is 0 Å². The summed E-state index contributed by atoms with van der Waals surface area (Å²) in [5.41, 5.74) is 8.25. The van der Waals surface area contributed by atoms with Crippen molar-refractivity contribution in [1.82, 2.24) is 4.98 Å². The van der Waals surface area contributed by atoms with Gasteiger partial charge in [-0.3, -0.25) is 4.98 Å². The zero-order chi connectivity index (χ0) is 11.4. The van der Waals surface area contributed by atoms with Gasteiger partial charge >= 0.3 is 0 Å². The Labute approximate surface area is 95.3 Å². The van der Waals surface area contributed by atoms with Gasteiger partial charge in [-0.25, -0.2) is 0 Å². The van der Waals surface area contributed by atoms with E-state index in [1.54, 1.807) is 12.5 Å². The van der Waals surface area contributed by atoms with Crippen molar-refractivity contribution in [3.63, 3.8) is 0 Å². The van der Waals surface area contributed by atoms with Gasteiger partial charge < -0.3 is 10.2 Å². The predicted molar refractivity (Wildman–Crippen MR) is 63.0 cm³/mol. The van der Waals surface area contributed by atoms with Gasteiger partial charge in [-0.1, -0.05) is 13.0 Å². The minimum absolute atomic E-state index is 0.0383. The Morgan fingerprint density at radius 3 is 2.94 bits per heavy atom. The summed E-state index contributed by atoms with van der Waals surface area (Å²) >= 11 is 0. The summed E-state index contributed by atoms with van der Waals surface area (Å²) < 4.78 is 5.37. The zero-order valence-electron chi connectivity index (χ0n) is 9.39. The molecule has 0 radical (unpaired) electrons. The van der Waals surface area contributed by atoms with Crippen LogP contribution in [0, 0.1) is 0 Å². The van der Waals surface area contributed by atoms with Crippen LogP contribution in [-0.2, 0) is 12.8 Å². The van der Waals surface area contributed by atoms with Gasteiger partial charge in [0, 0.05) is 36.3 Å². The largest absolute Gasteiger partial charge is 0.469 e. The Morgan fingerprint density at radius 2 is 2.25 bits per heavy atom. The second-order valence-corrected chi connectivity index (χ2v) is 3.78. The number of furan rings is 1. The van der Waals surface area contributed by atoms with E-state index in [1.165, 1.54) is 0 Å². The minimum Gasteiger partial charge on any atom is -0.469 e. The fraction of sp³-hybridized carbons (Fsp3) is 0.308. The molecule has 0 aliphatic carbocycles. The number of nitrogens with two attached hydrogens (primary N) is 1. The highest BCUT2D eigenvalue weighted by Gasteiger charge is 2.13. The summed E-state index contributed by atoms with van der Waals surface area (Å²) in [6.45, 7) is 2.07. The number of pyridine rings is 1. The summed E-state index contributed by atoms with van der Waals surface area (Å²) in [7, 11) is 0. The first-order valence-electron chi connectivity index (χ1n) is 5.53. The van der Waals surface area contributed by atoms with Crippen LogP contribution in [0.3, 0.4) is 0 Å². The molecule has 1 atom stereocenters. The van der Waals surface area contributed by atoms with Gasteiger partial charge in [0.25, 0.3) is 0 Å². The van der Waals surface area contributed by atoms with E-state index in [4.69, 9.17) is 10.2 Å². The normalized spacial score (nSPS) is 12.6. The Bertz CT molecular complexity index is 436. The SMILES string of the molecule is CCc1occc1C(N)Cc1ccccn1. The number of hydrogen-bond donors (Lipinski definition) is 1. The van der Waals surface area contributed by atoms with Crippen molar-refractivity contribution in [2.24, 2.45) is 5.73 Å². The second-order valence-electron chi connectivity index (χ2n) is 3.78. The quantitative estimate of drug-likeness (QED) is 0.854. The molecule has 84 valence electrons.